The molecular formula is C23H23N5O3. The Labute approximate surface area is 178 Å². The van der Waals surface area contributed by atoms with Gasteiger partial charge >= 0.3 is 0 Å². The number of carbonyl (C=O) groups is 2. The number of hydrogen-bond donors (Lipinski definition) is 4. The number of benzene rings is 2. The quantitative estimate of drug-likeness (QED) is 0.327. The van der Waals surface area contributed by atoms with Gasteiger partial charge in [-0.1, -0.05) is 53.7 Å². The number of para-hydroxylation sites is 1. The Morgan fingerprint density at radius 2 is 1.77 bits per heavy atom. The molecule has 2 amide bonds. The van der Waals surface area contributed by atoms with Crippen LogP contribution in [0.4, 0.5) is 0 Å². The SMILES string of the molecule is NC(Cc1c[nH]c2ccccc12)C(=O)NCCNC(=O)c1cc(-c2ccccc2)on1. The van der Waals surface area contributed by atoms with E-state index < -0.39 is 6.04 Å². The molecule has 0 spiro atoms. The minimum Gasteiger partial charge on any atom is -0.361 e. The van der Waals surface area contributed by atoms with Crippen molar-refractivity contribution in [2.45, 2.75) is 12.5 Å². The van der Waals surface area contributed by atoms with Gasteiger partial charge in [0.05, 0.1) is 6.04 Å². The standard InChI is InChI=1S/C23H23N5O3/c24-18(12-16-14-27-19-9-5-4-8-17(16)19)22(29)25-10-11-26-23(30)20-13-21(31-28-20)15-6-2-1-3-7-15/h1-9,13-14,18,27H,10-12,24H2,(H,25,29)(H,26,30). The molecule has 0 aliphatic rings. The van der Waals surface area contributed by atoms with Gasteiger partial charge in [0.15, 0.2) is 11.5 Å². The maximum atomic E-state index is 12.3. The Balaban J connectivity index is 1.22. The number of nitrogens with one attached hydrogen (secondary N) is 3. The first kappa shape index (κ1) is 20.4. The van der Waals surface area contributed by atoms with Crippen molar-refractivity contribution < 1.29 is 14.1 Å². The number of nitrogens with zero attached hydrogens (tertiary/aromatic N) is 1. The van der Waals surface area contributed by atoms with E-state index in [9.17, 15) is 9.59 Å². The maximum absolute atomic E-state index is 12.3. The fourth-order valence-corrected chi connectivity index (χ4v) is 3.33. The molecule has 0 aliphatic heterocycles. The summed E-state index contributed by atoms with van der Waals surface area (Å²) >= 11 is 0. The number of rotatable bonds is 8. The van der Waals surface area contributed by atoms with Gasteiger partial charge in [-0.15, -0.1) is 0 Å². The number of aromatic nitrogens is 2. The lowest BCUT2D eigenvalue weighted by Gasteiger charge is -2.12. The molecule has 0 radical (unpaired) electrons. The van der Waals surface area contributed by atoms with Crippen LogP contribution in [-0.4, -0.2) is 41.1 Å². The van der Waals surface area contributed by atoms with Crippen molar-refractivity contribution in [1.82, 2.24) is 20.8 Å². The second-order valence-corrected chi connectivity index (χ2v) is 7.16. The van der Waals surface area contributed by atoms with Crippen LogP contribution < -0.4 is 16.4 Å². The van der Waals surface area contributed by atoms with Crippen molar-refractivity contribution in [2.24, 2.45) is 5.73 Å². The average Bonchev–Trinajstić information content (AvgIpc) is 3.45. The van der Waals surface area contributed by atoms with Crippen LogP contribution in [-0.2, 0) is 11.2 Å². The lowest BCUT2D eigenvalue weighted by molar-refractivity contribution is -0.122. The molecule has 0 fully saturated rings. The second kappa shape index (κ2) is 9.27. The first-order valence-corrected chi connectivity index (χ1v) is 10.0. The van der Waals surface area contributed by atoms with Crippen LogP contribution in [0.1, 0.15) is 16.1 Å². The third-order valence-electron chi connectivity index (χ3n) is 4.96. The Kier molecular flexibility index (Phi) is 6.09. The van der Waals surface area contributed by atoms with Gasteiger partial charge in [-0.3, -0.25) is 9.59 Å². The monoisotopic (exact) mass is 417 g/mol. The minimum atomic E-state index is -0.682. The number of amides is 2. The minimum absolute atomic E-state index is 0.182. The van der Waals surface area contributed by atoms with Gasteiger partial charge in [0.1, 0.15) is 0 Å². The molecule has 8 nitrogen and oxygen atoms in total. The molecular weight excluding hydrogens is 394 g/mol. The molecule has 158 valence electrons. The van der Waals surface area contributed by atoms with Crippen molar-refractivity contribution in [3.8, 4) is 11.3 Å². The summed E-state index contributed by atoms with van der Waals surface area (Å²) < 4.78 is 5.23. The van der Waals surface area contributed by atoms with E-state index in [4.69, 9.17) is 10.3 Å². The summed E-state index contributed by atoms with van der Waals surface area (Å²) in [6, 6.07) is 18.2. The van der Waals surface area contributed by atoms with Gasteiger partial charge in [-0.05, 0) is 18.1 Å². The summed E-state index contributed by atoms with van der Waals surface area (Å²) in [4.78, 5) is 27.7. The number of H-pyrrole nitrogens is 1. The molecule has 8 heteroatoms. The summed E-state index contributed by atoms with van der Waals surface area (Å²) in [6.07, 6.45) is 2.29. The lowest BCUT2D eigenvalue weighted by Crippen LogP contribution is -2.44. The summed E-state index contributed by atoms with van der Waals surface area (Å²) in [5.41, 5.74) is 9.08. The molecule has 1 atom stereocenters. The highest BCUT2D eigenvalue weighted by atomic mass is 16.5. The fraction of sp³-hybridized carbons (Fsp3) is 0.174. The summed E-state index contributed by atoms with van der Waals surface area (Å²) in [6.45, 7) is 0.507. The van der Waals surface area contributed by atoms with Crippen LogP contribution in [0.3, 0.4) is 0 Å². The molecule has 2 heterocycles. The molecule has 1 unspecified atom stereocenters. The second-order valence-electron chi connectivity index (χ2n) is 7.16. The maximum Gasteiger partial charge on any atom is 0.273 e. The zero-order chi connectivity index (χ0) is 21.6. The van der Waals surface area contributed by atoms with E-state index in [0.717, 1.165) is 22.0 Å². The predicted molar refractivity (Wildman–Crippen MR) is 117 cm³/mol. The van der Waals surface area contributed by atoms with Crippen molar-refractivity contribution in [1.29, 1.82) is 0 Å². The van der Waals surface area contributed by atoms with E-state index in [0.29, 0.717) is 12.2 Å². The topological polar surface area (TPSA) is 126 Å². The largest absolute Gasteiger partial charge is 0.361 e. The van der Waals surface area contributed by atoms with E-state index in [2.05, 4.69) is 20.8 Å². The summed E-state index contributed by atoms with van der Waals surface area (Å²) in [7, 11) is 0. The Morgan fingerprint density at radius 3 is 2.61 bits per heavy atom. The number of nitrogens with two attached hydrogens (primary N) is 1. The van der Waals surface area contributed by atoms with Gasteiger partial charge < -0.3 is 25.9 Å². The molecule has 4 rings (SSSR count). The molecule has 0 aliphatic carbocycles. The van der Waals surface area contributed by atoms with Crippen molar-refractivity contribution >= 4 is 22.7 Å². The number of fused-ring (bicyclic) bond motifs is 1. The molecule has 31 heavy (non-hydrogen) atoms. The van der Waals surface area contributed by atoms with Gasteiger partial charge in [0.2, 0.25) is 5.91 Å². The molecule has 0 saturated heterocycles. The molecule has 0 saturated carbocycles. The van der Waals surface area contributed by atoms with Crippen LogP contribution in [0.5, 0.6) is 0 Å². The zero-order valence-corrected chi connectivity index (χ0v) is 16.8. The van der Waals surface area contributed by atoms with E-state index in [1.54, 1.807) is 6.07 Å². The zero-order valence-electron chi connectivity index (χ0n) is 16.8. The van der Waals surface area contributed by atoms with Crippen LogP contribution in [0.25, 0.3) is 22.2 Å². The van der Waals surface area contributed by atoms with Crippen molar-refractivity contribution in [2.75, 3.05) is 13.1 Å². The first-order valence-electron chi connectivity index (χ1n) is 10.0. The Morgan fingerprint density at radius 1 is 1.03 bits per heavy atom. The van der Waals surface area contributed by atoms with E-state index in [1.165, 1.54) is 0 Å². The highest BCUT2D eigenvalue weighted by molar-refractivity contribution is 5.93. The van der Waals surface area contributed by atoms with E-state index >= 15 is 0 Å². The van der Waals surface area contributed by atoms with Crippen LogP contribution in [0.2, 0.25) is 0 Å². The molecule has 2 aromatic heterocycles. The number of carbonyl (C=O) groups excluding carboxylic acids is 2. The van der Waals surface area contributed by atoms with Crippen LogP contribution in [0, 0.1) is 0 Å². The van der Waals surface area contributed by atoms with Gasteiger partial charge in [0, 0.05) is 41.8 Å². The highest BCUT2D eigenvalue weighted by Crippen LogP contribution is 2.20. The Hall–Kier alpha value is -3.91. The normalized spacial score (nSPS) is 11.9. The molecule has 2 aromatic carbocycles. The third-order valence-corrected chi connectivity index (χ3v) is 4.96. The fourth-order valence-electron chi connectivity index (χ4n) is 3.33. The number of hydrogen-bond acceptors (Lipinski definition) is 5. The highest BCUT2D eigenvalue weighted by Gasteiger charge is 2.17. The van der Waals surface area contributed by atoms with Gasteiger partial charge in [-0.2, -0.15) is 0 Å². The summed E-state index contributed by atoms with van der Waals surface area (Å²) in [5.74, 6) is -0.127. The van der Waals surface area contributed by atoms with Gasteiger partial charge in [0.25, 0.3) is 5.91 Å². The summed E-state index contributed by atoms with van der Waals surface area (Å²) in [5, 5.41) is 10.3. The Bertz CT molecular complexity index is 1180. The smallest absolute Gasteiger partial charge is 0.273 e. The third kappa shape index (κ3) is 4.81. The molecule has 0 bridgehead atoms. The van der Waals surface area contributed by atoms with Gasteiger partial charge in [-0.25, -0.2) is 0 Å². The van der Waals surface area contributed by atoms with Crippen LogP contribution in [0.15, 0.2) is 71.4 Å². The number of aromatic amines is 1. The first-order chi connectivity index (χ1) is 15.1. The predicted octanol–water partition coefficient (Wildman–Crippen LogP) is 2.24. The van der Waals surface area contributed by atoms with Crippen molar-refractivity contribution in [3.63, 3.8) is 0 Å². The lowest BCUT2D eigenvalue weighted by atomic mass is 10.1. The molecule has 4 aromatic rings. The average molecular weight is 417 g/mol. The van der Waals surface area contributed by atoms with Crippen molar-refractivity contribution in [3.05, 3.63) is 78.1 Å². The van der Waals surface area contributed by atoms with E-state index in [-0.39, 0.29) is 30.6 Å². The molecule has 5 N–H and O–H groups in total. The van der Waals surface area contributed by atoms with E-state index in [1.807, 2.05) is 60.8 Å². The van der Waals surface area contributed by atoms with Crippen LogP contribution >= 0.6 is 0 Å².